The van der Waals surface area contributed by atoms with E-state index in [1.807, 2.05) is 97.0 Å². The van der Waals surface area contributed by atoms with E-state index in [4.69, 9.17) is 16.3 Å². The third-order valence-electron chi connectivity index (χ3n) is 9.00. The highest BCUT2D eigenvalue weighted by molar-refractivity contribution is 7.86. The lowest BCUT2D eigenvalue weighted by Gasteiger charge is -2.41. The Balaban J connectivity index is 1.60. The van der Waals surface area contributed by atoms with Gasteiger partial charge in [0.15, 0.2) is 12.3 Å². The predicted octanol–water partition coefficient (Wildman–Crippen LogP) is 6.47. The number of hydrogen-bond donors (Lipinski definition) is 2. The molecule has 10 nitrogen and oxygen atoms in total. The second-order valence-corrected chi connectivity index (χ2v) is 16.2. The summed E-state index contributed by atoms with van der Waals surface area (Å²) in [6, 6.07) is 21.3. The Kier molecular flexibility index (Phi) is 10.7. The van der Waals surface area contributed by atoms with Gasteiger partial charge in [-0.3, -0.25) is 9.11 Å². The van der Waals surface area contributed by atoms with Crippen molar-refractivity contribution in [3.8, 4) is 16.9 Å². The number of aromatic nitrogens is 1. The van der Waals surface area contributed by atoms with E-state index < -0.39 is 31.4 Å². The summed E-state index contributed by atoms with van der Waals surface area (Å²) < 4.78 is 78.1. The molecule has 47 heavy (non-hydrogen) atoms. The average molecular weight is 722 g/mol. The number of anilines is 1. The second kappa shape index (κ2) is 14.2. The van der Waals surface area contributed by atoms with E-state index in [1.54, 1.807) is 6.07 Å². The van der Waals surface area contributed by atoms with E-state index in [-0.39, 0.29) is 23.9 Å². The number of thiazole rings is 1. The van der Waals surface area contributed by atoms with Gasteiger partial charge in [-0.15, -0.1) is 0 Å². The molecule has 0 saturated carbocycles. The molecule has 0 saturated heterocycles. The lowest BCUT2D eigenvalue weighted by Crippen LogP contribution is -2.58. The summed E-state index contributed by atoms with van der Waals surface area (Å²) >= 11 is 7.81. The maximum atomic E-state index is 12.9. The molecule has 3 aromatic carbocycles. The topological polar surface area (TPSA) is 125 Å². The second-order valence-electron chi connectivity index (χ2n) is 11.6. The largest absolute Gasteiger partial charge is 0.438 e. The van der Waals surface area contributed by atoms with Crippen LogP contribution in [0.3, 0.4) is 0 Å². The number of benzene rings is 3. The fraction of sp³-hybridized carbons (Fsp3) is 0.364. The molecule has 5 rings (SSSR count). The van der Waals surface area contributed by atoms with Crippen molar-refractivity contribution in [3.05, 3.63) is 82.6 Å². The number of aryl methyl sites for hydroxylation is 1. The number of quaternary nitrogens is 1. The van der Waals surface area contributed by atoms with Gasteiger partial charge in [-0.2, -0.15) is 21.4 Å². The molecule has 252 valence electrons. The number of hydrogen-bond acceptors (Lipinski definition) is 7. The molecule has 0 bridgehead atoms. The average Bonchev–Trinajstić information content (AvgIpc) is 3.54. The highest BCUT2D eigenvalue weighted by atomic mass is 35.5. The monoisotopic (exact) mass is 721 g/mol. The fourth-order valence-corrected chi connectivity index (χ4v) is 9.57. The Hall–Kier alpha value is -3.04. The summed E-state index contributed by atoms with van der Waals surface area (Å²) in [4.78, 5) is 1.94. The molecular weight excluding hydrogens is 682 g/mol. The van der Waals surface area contributed by atoms with Crippen LogP contribution in [-0.4, -0.2) is 67.7 Å². The van der Waals surface area contributed by atoms with Crippen molar-refractivity contribution in [2.24, 2.45) is 0 Å². The van der Waals surface area contributed by atoms with Gasteiger partial charge in [-0.1, -0.05) is 59.3 Å². The maximum absolute atomic E-state index is 12.9. The number of halogens is 1. The molecule has 1 atom stereocenters. The van der Waals surface area contributed by atoms with Crippen LogP contribution in [0.5, 0.6) is 5.75 Å². The maximum Gasteiger partial charge on any atom is 0.319 e. The van der Waals surface area contributed by atoms with Gasteiger partial charge in [0.2, 0.25) is 16.8 Å². The van der Waals surface area contributed by atoms with E-state index in [0.717, 1.165) is 32.0 Å². The summed E-state index contributed by atoms with van der Waals surface area (Å²) in [7, 11) is -8.55. The predicted molar refractivity (Wildman–Crippen MR) is 188 cm³/mol. The van der Waals surface area contributed by atoms with Crippen LogP contribution in [0, 0.1) is 0 Å². The van der Waals surface area contributed by atoms with Crippen LogP contribution in [-0.2, 0) is 26.8 Å². The number of ether oxygens (including phenoxy) is 1. The van der Waals surface area contributed by atoms with Gasteiger partial charge >= 0.3 is 10.1 Å². The van der Waals surface area contributed by atoms with Crippen LogP contribution in [0.25, 0.3) is 27.4 Å². The van der Waals surface area contributed by atoms with Crippen LogP contribution < -0.4 is 14.2 Å². The van der Waals surface area contributed by atoms with Crippen LogP contribution in [0.4, 0.5) is 5.69 Å². The Bertz CT molecular complexity index is 1990. The van der Waals surface area contributed by atoms with Crippen LogP contribution in [0.1, 0.15) is 38.6 Å². The highest BCUT2D eigenvalue weighted by Gasteiger charge is 2.43. The van der Waals surface area contributed by atoms with Gasteiger partial charge in [0.1, 0.15) is 4.70 Å². The molecule has 0 aliphatic carbocycles. The van der Waals surface area contributed by atoms with E-state index in [1.165, 1.54) is 11.3 Å². The molecule has 0 radical (unpaired) electrons. The summed E-state index contributed by atoms with van der Waals surface area (Å²) in [5.74, 6) is 0.666. The lowest BCUT2D eigenvalue weighted by molar-refractivity contribution is -0.934. The molecule has 1 aromatic heterocycles. The summed E-state index contributed by atoms with van der Waals surface area (Å²) in [6.45, 7) is 7.96. The van der Waals surface area contributed by atoms with Crippen molar-refractivity contribution in [2.45, 2.75) is 45.5 Å². The van der Waals surface area contributed by atoms with Crippen LogP contribution in [0.2, 0.25) is 5.02 Å². The zero-order chi connectivity index (χ0) is 34.0. The third-order valence-corrected chi connectivity index (χ3v) is 12.5. The highest BCUT2D eigenvalue weighted by Crippen LogP contribution is 2.43. The van der Waals surface area contributed by atoms with Gasteiger partial charge in [-0.25, -0.2) is 0 Å². The minimum Gasteiger partial charge on any atom is -0.438 e. The van der Waals surface area contributed by atoms with Crippen molar-refractivity contribution in [1.82, 2.24) is 0 Å². The molecular formula is C33H40ClN3O7S3+2. The Labute approximate surface area is 285 Å². The van der Waals surface area contributed by atoms with E-state index >= 15 is 0 Å². The summed E-state index contributed by atoms with van der Waals surface area (Å²) in [5, 5.41) is 0.237. The molecule has 0 amide bonds. The standard InChI is InChI=1S/C33H38ClN3O7S3/c1-4-37(5-2,6-3)33(47(41,42)43)17-19-35-27-21-25(24-11-8-7-9-12-24)13-15-29(27)44-31(35)23-32-36(18-10-20-46(38,39)40)28-22-26(34)14-16-30(28)45-32/h7-9,11-16,21-23,33H,4-6,10,17-20H2,1-3H3/p+2. The molecule has 2 heterocycles. The Morgan fingerprint density at radius 3 is 2.30 bits per heavy atom. The van der Waals surface area contributed by atoms with Gasteiger partial charge in [0, 0.05) is 30.5 Å². The van der Waals surface area contributed by atoms with E-state index in [9.17, 15) is 25.9 Å². The first-order valence-corrected chi connectivity index (χ1v) is 19.8. The van der Waals surface area contributed by atoms with Crippen LogP contribution in [0.15, 0.2) is 72.6 Å². The molecule has 1 unspecified atom stereocenters. The Morgan fingerprint density at radius 2 is 1.66 bits per heavy atom. The molecule has 0 spiro atoms. The van der Waals surface area contributed by atoms with E-state index in [0.29, 0.717) is 42.8 Å². The minimum atomic E-state index is -4.40. The van der Waals surface area contributed by atoms with Gasteiger partial charge < -0.3 is 14.1 Å². The third kappa shape index (κ3) is 7.83. The van der Waals surface area contributed by atoms with E-state index in [2.05, 4.69) is 0 Å². The van der Waals surface area contributed by atoms with Gasteiger partial charge in [-0.05, 0) is 56.2 Å². The lowest BCUT2D eigenvalue weighted by atomic mass is 10.0. The first-order valence-electron chi connectivity index (χ1n) is 15.5. The van der Waals surface area contributed by atoms with Crippen molar-refractivity contribution < 1.29 is 39.7 Å². The van der Waals surface area contributed by atoms with Gasteiger partial charge in [0.25, 0.3) is 15.1 Å². The number of nitrogens with zero attached hydrogens (tertiary/aromatic N) is 3. The molecule has 4 aromatic rings. The minimum absolute atomic E-state index is 0.139. The summed E-state index contributed by atoms with van der Waals surface area (Å²) in [5.41, 5.74) is 3.54. The zero-order valence-corrected chi connectivity index (χ0v) is 29.7. The van der Waals surface area contributed by atoms with Crippen LogP contribution >= 0.6 is 22.9 Å². The number of rotatable bonds is 14. The summed E-state index contributed by atoms with van der Waals surface area (Å²) in [6.07, 6.45) is 2.17. The smallest absolute Gasteiger partial charge is 0.319 e. The molecule has 1 aliphatic rings. The van der Waals surface area contributed by atoms with Crippen molar-refractivity contribution in [3.63, 3.8) is 0 Å². The molecule has 0 fully saturated rings. The molecule has 14 heteroatoms. The normalized spacial score (nSPS) is 15.3. The molecule has 1 aliphatic heterocycles. The van der Waals surface area contributed by atoms with Gasteiger partial charge in [0.05, 0.1) is 37.2 Å². The van der Waals surface area contributed by atoms with Crippen molar-refractivity contribution in [1.29, 1.82) is 0 Å². The first-order chi connectivity index (χ1) is 22.3. The first kappa shape index (κ1) is 35.3. The SMILES string of the molecule is CC[N+](CC)(CC)C(CCN1C(=Cc2sc3ccc(Cl)cc3[n+]2CCCS(=O)(=O)O)Oc2ccc(-c3ccccc3)cc21)S(=O)(=O)O. The quantitative estimate of drug-likeness (QED) is 0.0864. The van der Waals surface area contributed by atoms with Crippen molar-refractivity contribution in [2.75, 3.05) is 36.8 Å². The molecule has 2 N–H and O–H groups in total. The fourth-order valence-electron chi connectivity index (χ4n) is 6.40. The Morgan fingerprint density at radius 1 is 0.957 bits per heavy atom. The number of fused-ring (bicyclic) bond motifs is 2. The van der Waals surface area contributed by atoms with Crippen molar-refractivity contribution >= 4 is 65.2 Å². The zero-order valence-electron chi connectivity index (χ0n) is 26.5.